The van der Waals surface area contributed by atoms with Crippen LogP contribution in [0.2, 0.25) is 0 Å². The Bertz CT molecular complexity index is 169. The molecule has 0 aromatic rings. The summed E-state index contributed by atoms with van der Waals surface area (Å²) in [4.78, 5) is 2.52. The third kappa shape index (κ3) is 4.12. The van der Waals surface area contributed by atoms with Gasteiger partial charge in [0.1, 0.15) is 0 Å². The Hall–Kier alpha value is -0.0800. The molecule has 0 saturated heterocycles. The number of hydrogen-bond acceptors (Lipinski definition) is 2. The number of hydrogen-bond donors (Lipinski definition) is 1. The van der Waals surface area contributed by atoms with Crippen LogP contribution in [0.3, 0.4) is 0 Å². The van der Waals surface area contributed by atoms with Crippen LogP contribution >= 0.6 is 0 Å². The summed E-state index contributed by atoms with van der Waals surface area (Å²) in [5.41, 5.74) is 0. The first-order chi connectivity index (χ1) is 7.36. The largest absolute Gasteiger partial charge is 0.313 e. The van der Waals surface area contributed by atoms with Gasteiger partial charge in [-0.05, 0) is 32.7 Å². The molecular formula is C13H26N2. The SMILES string of the molecule is CN(CCNC1CCCCCC1)C1CC1. The molecule has 0 amide bonds. The van der Waals surface area contributed by atoms with Crippen LogP contribution in [0.4, 0.5) is 0 Å². The van der Waals surface area contributed by atoms with Crippen molar-refractivity contribution < 1.29 is 0 Å². The van der Waals surface area contributed by atoms with Crippen molar-refractivity contribution in [3.63, 3.8) is 0 Å². The lowest BCUT2D eigenvalue weighted by Crippen LogP contribution is -2.36. The van der Waals surface area contributed by atoms with E-state index in [1.807, 2.05) is 0 Å². The van der Waals surface area contributed by atoms with E-state index in [1.165, 1.54) is 64.5 Å². The molecule has 0 heterocycles. The molecule has 0 atom stereocenters. The zero-order valence-corrected chi connectivity index (χ0v) is 10.2. The van der Waals surface area contributed by atoms with Gasteiger partial charge in [0.05, 0.1) is 0 Å². The smallest absolute Gasteiger partial charge is 0.0107 e. The molecule has 2 aliphatic carbocycles. The minimum atomic E-state index is 0.820. The van der Waals surface area contributed by atoms with Crippen LogP contribution in [0, 0.1) is 0 Å². The highest BCUT2D eigenvalue weighted by atomic mass is 15.2. The van der Waals surface area contributed by atoms with Gasteiger partial charge in [-0.25, -0.2) is 0 Å². The van der Waals surface area contributed by atoms with Crippen LogP contribution in [0.25, 0.3) is 0 Å². The van der Waals surface area contributed by atoms with Crippen molar-refractivity contribution in [2.24, 2.45) is 0 Å². The van der Waals surface area contributed by atoms with Gasteiger partial charge in [0, 0.05) is 25.2 Å². The highest BCUT2D eigenvalue weighted by Crippen LogP contribution is 2.24. The second kappa shape index (κ2) is 5.86. The number of likely N-dealkylation sites (N-methyl/N-ethyl adjacent to an activating group) is 1. The number of nitrogens with zero attached hydrogens (tertiary/aromatic N) is 1. The van der Waals surface area contributed by atoms with Crippen LogP contribution in [-0.4, -0.2) is 37.1 Å². The molecule has 2 nitrogen and oxygen atoms in total. The van der Waals surface area contributed by atoms with Crippen molar-refractivity contribution in [3.8, 4) is 0 Å². The van der Waals surface area contributed by atoms with Crippen LogP contribution in [0.15, 0.2) is 0 Å². The molecule has 2 saturated carbocycles. The van der Waals surface area contributed by atoms with Gasteiger partial charge in [-0.3, -0.25) is 0 Å². The van der Waals surface area contributed by atoms with Gasteiger partial charge in [-0.15, -0.1) is 0 Å². The normalized spacial score (nSPS) is 24.4. The first-order valence-corrected chi connectivity index (χ1v) is 6.80. The number of rotatable bonds is 5. The van der Waals surface area contributed by atoms with Crippen LogP contribution in [0.1, 0.15) is 51.4 Å². The van der Waals surface area contributed by atoms with Crippen LogP contribution in [0.5, 0.6) is 0 Å². The summed E-state index contributed by atoms with van der Waals surface area (Å²) in [5, 5.41) is 3.73. The molecule has 0 spiro atoms. The Balaban J connectivity index is 1.55. The third-order valence-electron chi connectivity index (χ3n) is 3.92. The third-order valence-corrected chi connectivity index (χ3v) is 3.92. The van der Waals surface area contributed by atoms with E-state index in [1.54, 1.807) is 0 Å². The molecule has 0 aromatic heterocycles. The Morgan fingerprint density at radius 3 is 2.27 bits per heavy atom. The van der Waals surface area contributed by atoms with Crippen molar-refractivity contribution in [3.05, 3.63) is 0 Å². The summed E-state index contributed by atoms with van der Waals surface area (Å²) >= 11 is 0. The quantitative estimate of drug-likeness (QED) is 0.701. The van der Waals surface area contributed by atoms with Gasteiger partial charge in [-0.2, -0.15) is 0 Å². The van der Waals surface area contributed by atoms with Gasteiger partial charge in [0.2, 0.25) is 0 Å². The van der Waals surface area contributed by atoms with Crippen molar-refractivity contribution in [2.75, 3.05) is 20.1 Å². The van der Waals surface area contributed by atoms with Crippen molar-refractivity contribution in [1.29, 1.82) is 0 Å². The minimum Gasteiger partial charge on any atom is -0.313 e. The topological polar surface area (TPSA) is 15.3 Å². The fraction of sp³-hybridized carbons (Fsp3) is 1.00. The van der Waals surface area contributed by atoms with Crippen LogP contribution in [-0.2, 0) is 0 Å². The summed E-state index contributed by atoms with van der Waals surface area (Å²) in [6.45, 7) is 2.43. The Morgan fingerprint density at radius 1 is 1.00 bits per heavy atom. The molecule has 88 valence electrons. The lowest BCUT2D eigenvalue weighted by atomic mass is 10.1. The van der Waals surface area contributed by atoms with E-state index in [0.717, 1.165) is 12.1 Å². The average molecular weight is 210 g/mol. The predicted molar refractivity (Wildman–Crippen MR) is 65.1 cm³/mol. The molecule has 2 rings (SSSR count). The summed E-state index contributed by atoms with van der Waals surface area (Å²) in [6, 6.07) is 1.74. The van der Waals surface area contributed by atoms with E-state index >= 15 is 0 Å². The van der Waals surface area contributed by atoms with Gasteiger partial charge < -0.3 is 10.2 Å². The van der Waals surface area contributed by atoms with E-state index < -0.39 is 0 Å². The van der Waals surface area contributed by atoms with Crippen molar-refractivity contribution in [2.45, 2.75) is 63.5 Å². The van der Waals surface area contributed by atoms with Gasteiger partial charge in [0.15, 0.2) is 0 Å². The molecule has 0 unspecified atom stereocenters. The highest BCUT2D eigenvalue weighted by molar-refractivity contribution is 4.82. The van der Waals surface area contributed by atoms with E-state index in [4.69, 9.17) is 0 Å². The average Bonchev–Trinajstić information content (AvgIpc) is 3.06. The minimum absolute atomic E-state index is 0.820. The zero-order valence-electron chi connectivity index (χ0n) is 10.2. The van der Waals surface area contributed by atoms with Crippen molar-refractivity contribution in [1.82, 2.24) is 10.2 Å². The monoisotopic (exact) mass is 210 g/mol. The fourth-order valence-electron chi connectivity index (χ4n) is 2.63. The Labute approximate surface area is 94.4 Å². The molecule has 2 aliphatic rings. The lowest BCUT2D eigenvalue weighted by molar-refractivity contribution is 0.310. The molecule has 0 aromatic carbocycles. The van der Waals surface area contributed by atoms with E-state index in [0.29, 0.717) is 0 Å². The van der Waals surface area contributed by atoms with Gasteiger partial charge >= 0.3 is 0 Å². The predicted octanol–water partition coefficient (Wildman–Crippen LogP) is 2.39. The number of nitrogens with one attached hydrogen (secondary N) is 1. The Morgan fingerprint density at radius 2 is 1.67 bits per heavy atom. The van der Waals surface area contributed by atoms with E-state index in [-0.39, 0.29) is 0 Å². The first-order valence-electron chi connectivity index (χ1n) is 6.80. The summed E-state index contributed by atoms with van der Waals surface area (Å²) in [6.07, 6.45) is 11.5. The molecule has 0 aliphatic heterocycles. The Kier molecular flexibility index (Phi) is 4.45. The molecule has 2 heteroatoms. The summed E-state index contributed by atoms with van der Waals surface area (Å²) in [7, 11) is 2.27. The molecule has 1 N–H and O–H groups in total. The van der Waals surface area contributed by atoms with E-state index in [2.05, 4.69) is 17.3 Å². The summed E-state index contributed by atoms with van der Waals surface area (Å²) < 4.78 is 0. The lowest BCUT2D eigenvalue weighted by Gasteiger charge is -2.20. The summed E-state index contributed by atoms with van der Waals surface area (Å²) in [5.74, 6) is 0. The van der Waals surface area contributed by atoms with Gasteiger partial charge in [0.25, 0.3) is 0 Å². The van der Waals surface area contributed by atoms with Gasteiger partial charge in [-0.1, -0.05) is 25.7 Å². The van der Waals surface area contributed by atoms with E-state index in [9.17, 15) is 0 Å². The fourth-order valence-corrected chi connectivity index (χ4v) is 2.63. The zero-order chi connectivity index (χ0) is 10.5. The van der Waals surface area contributed by atoms with Crippen molar-refractivity contribution >= 4 is 0 Å². The maximum atomic E-state index is 3.73. The molecule has 15 heavy (non-hydrogen) atoms. The molecule has 2 fully saturated rings. The second-order valence-corrected chi connectivity index (χ2v) is 5.35. The molecular weight excluding hydrogens is 184 g/mol. The highest BCUT2D eigenvalue weighted by Gasteiger charge is 2.25. The molecule has 0 radical (unpaired) electrons. The molecule has 0 bridgehead atoms. The van der Waals surface area contributed by atoms with Crippen LogP contribution < -0.4 is 5.32 Å². The second-order valence-electron chi connectivity index (χ2n) is 5.35. The standard InChI is InChI=1S/C13H26N2/c1-15(13-8-9-13)11-10-14-12-6-4-2-3-5-7-12/h12-14H,2-11H2,1H3. The maximum absolute atomic E-state index is 3.73. The maximum Gasteiger partial charge on any atom is 0.0107 e. The first kappa shape index (κ1) is 11.4.